The first-order chi connectivity index (χ1) is 6.31. The molecule has 3 atom stereocenters. The Kier molecular flexibility index (Phi) is 2.83. The highest BCUT2D eigenvalue weighted by atomic mass is 16.5. The summed E-state index contributed by atoms with van der Waals surface area (Å²) in [4.78, 5) is 2.33. The van der Waals surface area contributed by atoms with Crippen molar-refractivity contribution >= 4 is 0 Å². The fourth-order valence-corrected chi connectivity index (χ4v) is 2.27. The number of likely N-dealkylation sites (tertiary alicyclic amines) is 1. The van der Waals surface area contributed by atoms with Crippen LogP contribution in [0.4, 0.5) is 0 Å². The van der Waals surface area contributed by atoms with Crippen molar-refractivity contribution in [2.45, 2.75) is 24.7 Å². The third kappa shape index (κ3) is 1.86. The zero-order valence-corrected chi connectivity index (χ0v) is 8.07. The molecule has 2 aliphatic rings. The highest BCUT2D eigenvalue weighted by molar-refractivity contribution is 4.91. The molecule has 0 amide bonds. The van der Waals surface area contributed by atoms with E-state index in [9.17, 15) is 5.11 Å². The molecule has 0 aliphatic carbocycles. The van der Waals surface area contributed by atoms with E-state index < -0.39 is 0 Å². The summed E-state index contributed by atoms with van der Waals surface area (Å²) in [6, 6.07) is 0.606. The van der Waals surface area contributed by atoms with Gasteiger partial charge in [-0.2, -0.15) is 0 Å². The number of hydrogen-bond acceptors (Lipinski definition) is 4. The van der Waals surface area contributed by atoms with Crippen LogP contribution >= 0.6 is 0 Å². The minimum Gasteiger partial charge on any atom is -0.389 e. The van der Waals surface area contributed by atoms with Crippen LogP contribution in [0.3, 0.4) is 0 Å². The highest BCUT2D eigenvalue weighted by Gasteiger charge is 2.35. The summed E-state index contributed by atoms with van der Waals surface area (Å²) >= 11 is 0. The normalized spacial score (nSPS) is 41.5. The van der Waals surface area contributed by atoms with Crippen LogP contribution in [-0.2, 0) is 4.74 Å². The van der Waals surface area contributed by atoms with Crippen LogP contribution in [-0.4, -0.2) is 61.5 Å². The Labute approximate surface area is 78.9 Å². The number of nitrogens with zero attached hydrogens (tertiary/aromatic N) is 1. The number of aliphatic hydroxyl groups excluding tert-OH is 1. The first-order valence-electron chi connectivity index (χ1n) is 4.97. The Morgan fingerprint density at radius 1 is 1.46 bits per heavy atom. The molecule has 2 rings (SSSR count). The summed E-state index contributed by atoms with van der Waals surface area (Å²) < 4.78 is 5.20. The van der Waals surface area contributed by atoms with Gasteiger partial charge >= 0.3 is 0 Å². The van der Waals surface area contributed by atoms with E-state index in [1.54, 1.807) is 7.11 Å². The Bertz CT molecular complexity index is 171. The second-order valence-corrected chi connectivity index (χ2v) is 3.94. The van der Waals surface area contributed by atoms with Crippen molar-refractivity contribution in [2.75, 3.05) is 33.3 Å². The number of hydrogen-bond donors (Lipinski definition) is 2. The Morgan fingerprint density at radius 2 is 2.31 bits per heavy atom. The number of rotatable bonds is 2. The zero-order valence-electron chi connectivity index (χ0n) is 8.07. The van der Waals surface area contributed by atoms with E-state index in [1.165, 1.54) is 6.42 Å². The second kappa shape index (κ2) is 3.92. The lowest BCUT2D eigenvalue weighted by Gasteiger charge is -2.22. The van der Waals surface area contributed by atoms with Gasteiger partial charge in [-0.15, -0.1) is 0 Å². The van der Waals surface area contributed by atoms with Crippen molar-refractivity contribution in [1.82, 2.24) is 10.2 Å². The Balaban J connectivity index is 1.88. The van der Waals surface area contributed by atoms with Gasteiger partial charge in [0.15, 0.2) is 0 Å². The van der Waals surface area contributed by atoms with Crippen molar-refractivity contribution in [1.29, 1.82) is 0 Å². The predicted molar refractivity (Wildman–Crippen MR) is 49.7 cm³/mol. The van der Waals surface area contributed by atoms with E-state index in [1.807, 2.05) is 0 Å². The van der Waals surface area contributed by atoms with Crippen LogP contribution in [0.15, 0.2) is 0 Å². The maximum Gasteiger partial charge on any atom is 0.0969 e. The van der Waals surface area contributed by atoms with E-state index in [0.717, 1.165) is 26.2 Å². The maximum absolute atomic E-state index is 9.63. The first kappa shape index (κ1) is 9.40. The minimum absolute atomic E-state index is 0.0144. The molecule has 0 aromatic rings. The molecule has 76 valence electrons. The molecule has 2 heterocycles. The van der Waals surface area contributed by atoms with Gasteiger partial charge in [0.05, 0.1) is 12.2 Å². The lowest BCUT2D eigenvalue weighted by molar-refractivity contribution is 0.0214. The molecular formula is C9H18N2O2. The van der Waals surface area contributed by atoms with Crippen molar-refractivity contribution in [2.24, 2.45) is 0 Å². The molecule has 0 saturated carbocycles. The van der Waals surface area contributed by atoms with Crippen LogP contribution < -0.4 is 5.32 Å². The highest BCUT2D eigenvalue weighted by Crippen LogP contribution is 2.18. The van der Waals surface area contributed by atoms with Crippen molar-refractivity contribution in [3.63, 3.8) is 0 Å². The zero-order chi connectivity index (χ0) is 9.26. The third-order valence-corrected chi connectivity index (χ3v) is 3.12. The van der Waals surface area contributed by atoms with Gasteiger partial charge < -0.3 is 15.2 Å². The summed E-state index contributed by atoms with van der Waals surface area (Å²) in [5, 5.41) is 13.0. The molecule has 1 unspecified atom stereocenters. The standard InChI is InChI=1S/C9H18N2O2/c1-13-9-6-11(5-8(9)12)7-2-3-10-4-7/h7-10,12H,2-6H2,1H3/t7?,8-,9-/m1/s1. The molecular weight excluding hydrogens is 168 g/mol. The molecule has 2 aliphatic heterocycles. The van der Waals surface area contributed by atoms with E-state index >= 15 is 0 Å². The van der Waals surface area contributed by atoms with Gasteiger partial charge in [-0.05, 0) is 13.0 Å². The van der Waals surface area contributed by atoms with Gasteiger partial charge in [-0.1, -0.05) is 0 Å². The summed E-state index contributed by atoms with van der Waals surface area (Å²) in [7, 11) is 1.67. The molecule has 13 heavy (non-hydrogen) atoms. The molecule has 4 nitrogen and oxygen atoms in total. The smallest absolute Gasteiger partial charge is 0.0969 e. The van der Waals surface area contributed by atoms with Crippen molar-refractivity contribution in [3.05, 3.63) is 0 Å². The molecule has 0 bridgehead atoms. The average Bonchev–Trinajstić information content (AvgIpc) is 2.71. The molecule has 0 aromatic heterocycles. The van der Waals surface area contributed by atoms with E-state index in [-0.39, 0.29) is 12.2 Å². The third-order valence-electron chi connectivity index (χ3n) is 3.12. The maximum atomic E-state index is 9.63. The Morgan fingerprint density at radius 3 is 2.85 bits per heavy atom. The summed E-state index contributed by atoms with van der Waals surface area (Å²) in [6.07, 6.45) is 0.912. The summed E-state index contributed by atoms with van der Waals surface area (Å²) in [5.74, 6) is 0. The van der Waals surface area contributed by atoms with Gasteiger partial charge in [0.25, 0.3) is 0 Å². The quantitative estimate of drug-likeness (QED) is 0.583. The van der Waals surface area contributed by atoms with Crippen molar-refractivity contribution in [3.8, 4) is 0 Å². The largest absolute Gasteiger partial charge is 0.389 e. The topological polar surface area (TPSA) is 44.7 Å². The lowest BCUT2D eigenvalue weighted by atomic mass is 10.2. The van der Waals surface area contributed by atoms with Gasteiger partial charge in [-0.25, -0.2) is 0 Å². The fraction of sp³-hybridized carbons (Fsp3) is 1.00. The van der Waals surface area contributed by atoms with Crippen LogP contribution in [0.2, 0.25) is 0 Å². The number of aliphatic hydroxyl groups is 1. The van der Waals surface area contributed by atoms with Crippen LogP contribution in [0, 0.1) is 0 Å². The van der Waals surface area contributed by atoms with Gasteiger partial charge in [0.1, 0.15) is 0 Å². The summed E-state index contributed by atoms with van der Waals surface area (Å²) in [5.41, 5.74) is 0. The second-order valence-electron chi connectivity index (χ2n) is 3.94. The SMILES string of the molecule is CO[C@@H]1CN(C2CCNC2)C[C@H]1O. The number of methoxy groups -OCH3 is 1. The fourth-order valence-electron chi connectivity index (χ4n) is 2.27. The predicted octanol–water partition coefficient (Wildman–Crippen LogP) is -0.960. The molecule has 0 aromatic carbocycles. The molecule has 2 N–H and O–H groups in total. The van der Waals surface area contributed by atoms with Crippen LogP contribution in [0.1, 0.15) is 6.42 Å². The number of nitrogens with one attached hydrogen (secondary N) is 1. The molecule has 0 radical (unpaired) electrons. The van der Waals surface area contributed by atoms with E-state index in [2.05, 4.69) is 10.2 Å². The monoisotopic (exact) mass is 186 g/mol. The van der Waals surface area contributed by atoms with Crippen molar-refractivity contribution < 1.29 is 9.84 Å². The van der Waals surface area contributed by atoms with Gasteiger partial charge in [0.2, 0.25) is 0 Å². The minimum atomic E-state index is -0.300. The summed E-state index contributed by atoms with van der Waals surface area (Å²) in [6.45, 7) is 3.81. The van der Waals surface area contributed by atoms with Gasteiger partial charge in [0, 0.05) is 32.8 Å². The van der Waals surface area contributed by atoms with E-state index in [0.29, 0.717) is 6.04 Å². The van der Waals surface area contributed by atoms with Crippen LogP contribution in [0.5, 0.6) is 0 Å². The average molecular weight is 186 g/mol. The number of β-amino-alcohol motifs (C(OH)–C–C–N with tert-alkyl or cyclic N) is 1. The molecule has 2 fully saturated rings. The Hall–Kier alpha value is -0.160. The molecule has 0 spiro atoms. The number of ether oxygens (including phenoxy) is 1. The van der Waals surface area contributed by atoms with E-state index in [4.69, 9.17) is 4.74 Å². The van der Waals surface area contributed by atoms with Gasteiger partial charge in [-0.3, -0.25) is 4.90 Å². The lowest BCUT2D eigenvalue weighted by Crippen LogP contribution is -2.35. The van der Waals surface area contributed by atoms with Crippen LogP contribution in [0.25, 0.3) is 0 Å². The molecule has 4 heteroatoms. The molecule has 2 saturated heterocycles. The first-order valence-corrected chi connectivity index (χ1v) is 4.97.